The molecule has 1 aromatic carbocycles. The molecule has 1 fully saturated rings. The molecule has 1 amide bonds. The summed E-state index contributed by atoms with van der Waals surface area (Å²) in [5.74, 6) is 1.01. The van der Waals surface area contributed by atoms with Crippen LogP contribution < -0.4 is 15.4 Å². The third kappa shape index (κ3) is 4.69. The zero-order chi connectivity index (χ0) is 18.6. The van der Waals surface area contributed by atoms with E-state index in [2.05, 4.69) is 20.6 Å². The van der Waals surface area contributed by atoms with Gasteiger partial charge in [0, 0.05) is 12.6 Å². The molecular weight excluding hydrogens is 356 g/mol. The number of ether oxygens (including phenoxy) is 1. The molecule has 1 aliphatic heterocycles. The smallest absolute Gasteiger partial charge is 0.271 e. The van der Waals surface area contributed by atoms with Crippen molar-refractivity contribution >= 4 is 21.6 Å². The molecule has 0 radical (unpaired) electrons. The Morgan fingerprint density at radius 2 is 2.00 bits per heavy atom. The first-order chi connectivity index (χ1) is 12.4. The van der Waals surface area contributed by atoms with Crippen molar-refractivity contribution in [2.24, 2.45) is 0 Å². The van der Waals surface area contributed by atoms with Crippen molar-refractivity contribution in [3.8, 4) is 5.75 Å². The van der Waals surface area contributed by atoms with E-state index in [-0.39, 0.29) is 23.2 Å². The van der Waals surface area contributed by atoms with Crippen LogP contribution in [0.4, 0.5) is 5.82 Å². The van der Waals surface area contributed by atoms with Crippen molar-refractivity contribution < 1.29 is 17.9 Å². The number of rotatable bonds is 6. The highest BCUT2D eigenvalue weighted by Crippen LogP contribution is 2.13. The standard InChI is InChI=1S/C17H20N4O4S/c1-25-14-4-2-12(3-5-14)8-19-16-10-18-15(9-20-16)17(22)21-13-6-7-26(23,24)11-13/h2-5,9-10,13H,6-8,11H2,1H3,(H,19,20)(H,21,22). The van der Waals surface area contributed by atoms with E-state index in [1.165, 1.54) is 12.4 Å². The van der Waals surface area contributed by atoms with Crippen LogP contribution in [-0.4, -0.2) is 49.0 Å². The minimum absolute atomic E-state index is 0.0202. The van der Waals surface area contributed by atoms with E-state index in [1.807, 2.05) is 24.3 Å². The van der Waals surface area contributed by atoms with Crippen molar-refractivity contribution in [2.45, 2.75) is 19.0 Å². The second-order valence-electron chi connectivity index (χ2n) is 6.06. The molecule has 138 valence electrons. The van der Waals surface area contributed by atoms with Crippen LogP contribution in [0.3, 0.4) is 0 Å². The fraction of sp³-hybridized carbons (Fsp3) is 0.353. The minimum atomic E-state index is -3.04. The van der Waals surface area contributed by atoms with E-state index in [4.69, 9.17) is 4.74 Å². The third-order valence-corrected chi connectivity index (χ3v) is 5.85. The number of methoxy groups -OCH3 is 1. The molecule has 0 saturated carbocycles. The Kier molecular flexibility index (Phi) is 5.36. The summed E-state index contributed by atoms with van der Waals surface area (Å²) >= 11 is 0. The van der Waals surface area contributed by atoms with Crippen molar-refractivity contribution in [3.05, 3.63) is 47.9 Å². The van der Waals surface area contributed by atoms with Crippen LogP contribution in [0.2, 0.25) is 0 Å². The summed E-state index contributed by atoms with van der Waals surface area (Å²) in [6, 6.07) is 7.27. The molecule has 0 bridgehead atoms. The van der Waals surface area contributed by atoms with Gasteiger partial charge < -0.3 is 15.4 Å². The van der Waals surface area contributed by atoms with Crippen LogP contribution in [0.1, 0.15) is 22.5 Å². The fourth-order valence-corrected chi connectivity index (χ4v) is 4.31. The van der Waals surface area contributed by atoms with Crippen LogP contribution >= 0.6 is 0 Å². The number of benzene rings is 1. The molecule has 1 unspecified atom stereocenters. The van der Waals surface area contributed by atoms with E-state index in [0.29, 0.717) is 18.8 Å². The predicted octanol–water partition coefficient (Wildman–Crippen LogP) is 1.01. The Morgan fingerprint density at radius 1 is 1.23 bits per heavy atom. The summed E-state index contributed by atoms with van der Waals surface area (Å²) in [6.45, 7) is 0.560. The van der Waals surface area contributed by atoms with Gasteiger partial charge in [0.1, 0.15) is 17.3 Å². The lowest BCUT2D eigenvalue weighted by Crippen LogP contribution is -2.36. The van der Waals surface area contributed by atoms with Gasteiger partial charge in [0.15, 0.2) is 9.84 Å². The van der Waals surface area contributed by atoms with Crippen LogP contribution in [-0.2, 0) is 16.4 Å². The lowest BCUT2D eigenvalue weighted by Gasteiger charge is -2.10. The summed E-state index contributed by atoms with van der Waals surface area (Å²) in [4.78, 5) is 20.4. The highest BCUT2D eigenvalue weighted by molar-refractivity contribution is 7.91. The lowest BCUT2D eigenvalue weighted by molar-refractivity contribution is 0.0935. The molecule has 0 spiro atoms. The van der Waals surface area contributed by atoms with E-state index in [0.717, 1.165) is 11.3 Å². The molecule has 0 aliphatic carbocycles. The molecule has 1 aliphatic rings. The molecule has 1 aromatic heterocycles. The van der Waals surface area contributed by atoms with Gasteiger partial charge >= 0.3 is 0 Å². The second-order valence-corrected chi connectivity index (χ2v) is 8.29. The number of carbonyl (C=O) groups is 1. The summed E-state index contributed by atoms with van der Waals surface area (Å²) in [5, 5.41) is 5.81. The maximum absolute atomic E-state index is 12.1. The Hall–Kier alpha value is -2.68. The van der Waals surface area contributed by atoms with E-state index in [1.54, 1.807) is 7.11 Å². The zero-order valence-corrected chi connectivity index (χ0v) is 15.1. The van der Waals surface area contributed by atoms with Crippen molar-refractivity contribution in [2.75, 3.05) is 23.9 Å². The number of hydrogen-bond donors (Lipinski definition) is 2. The quantitative estimate of drug-likeness (QED) is 0.774. The topological polar surface area (TPSA) is 110 Å². The van der Waals surface area contributed by atoms with Crippen molar-refractivity contribution in [1.82, 2.24) is 15.3 Å². The van der Waals surface area contributed by atoms with Crippen molar-refractivity contribution in [1.29, 1.82) is 0 Å². The van der Waals surface area contributed by atoms with Gasteiger partial charge in [0.25, 0.3) is 5.91 Å². The van der Waals surface area contributed by atoms with Crippen LogP contribution in [0.15, 0.2) is 36.7 Å². The Labute approximate surface area is 151 Å². The van der Waals surface area contributed by atoms with Gasteiger partial charge in [-0.3, -0.25) is 4.79 Å². The van der Waals surface area contributed by atoms with Gasteiger partial charge in [0.05, 0.1) is 31.0 Å². The normalized spacial score (nSPS) is 18.3. The van der Waals surface area contributed by atoms with Crippen LogP contribution in [0.5, 0.6) is 5.75 Å². The molecule has 3 rings (SSSR count). The number of sulfone groups is 1. The van der Waals surface area contributed by atoms with Crippen molar-refractivity contribution in [3.63, 3.8) is 0 Å². The van der Waals surface area contributed by atoms with Gasteiger partial charge in [-0.05, 0) is 24.1 Å². The van der Waals surface area contributed by atoms with Gasteiger partial charge in [-0.1, -0.05) is 12.1 Å². The molecule has 8 nitrogen and oxygen atoms in total. The summed E-state index contributed by atoms with van der Waals surface area (Å²) < 4.78 is 28.0. The number of nitrogens with one attached hydrogen (secondary N) is 2. The molecule has 2 heterocycles. The van der Waals surface area contributed by atoms with Gasteiger partial charge in [-0.25, -0.2) is 18.4 Å². The number of carbonyl (C=O) groups excluding carboxylic acids is 1. The fourth-order valence-electron chi connectivity index (χ4n) is 2.64. The lowest BCUT2D eigenvalue weighted by atomic mass is 10.2. The molecular formula is C17H20N4O4S. The molecule has 2 N–H and O–H groups in total. The number of nitrogens with zero attached hydrogens (tertiary/aromatic N) is 2. The average Bonchev–Trinajstić information content (AvgIpc) is 2.99. The molecule has 26 heavy (non-hydrogen) atoms. The van der Waals surface area contributed by atoms with E-state index in [9.17, 15) is 13.2 Å². The highest BCUT2D eigenvalue weighted by atomic mass is 32.2. The molecule has 9 heteroatoms. The summed E-state index contributed by atoms with van der Waals surface area (Å²) in [7, 11) is -1.42. The first-order valence-electron chi connectivity index (χ1n) is 8.15. The predicted molar refractivity (Wildman–Crippen MR) is 96.9 cm³/mol. The van der Waals surface area contributed by atoms with Gasteiger partial charge in [0.2, 0.25) is 0 Å². The number of hydrogen-bond acceptors (Lipinski definition) is 7. The number of aromatic nitrogens is 2. The Morgan fingerprint density at radius 3 is 2.58 bits per heavy atom. The Bertz CT molecular complexity index is 867. The van der Waals surface area contributed by atoms with Gasteiger partial charge in [-0.15, -0.1) is 0 Å². The second kappa shape index (κ2) is 7.69. The highest BCUT2D eigenvalue weighted by Gasteiger charge is 2.29. The number of amides is 1. The minimum Gasteiger partial charge on any atom is -0.497 e. The first kappa shape index (κ1) is 18.1. The summed E-state index contributed by atoms with van der Waals surface area (Å²) in [5.41, 5.74) is 1.21. The summed E-state index contributed by atoms with van der Waals surface area (Å²) in [6.07, 6.45) is 3.28. The molecule has 1 atom stereocenters. The maximum atomic E-state index is 12.1. The van der Waals surface area contributed by atoms with Crippen LogP contribution in [0, 0.1) is 0 Å². The zero-order valence-electron chi connectivity index (χ0n) is 14.3. The van der Waals surface area contributed by atoms with E-state index >= 15 is 0 Å². The Balaban J connectivity index is 1.53. The molecule has 1 saturated heterocycles. The largest absolute Gasteiger partial charge is 0.497 e. The average molecular weight is 376 g/mol. The van der Waals surface area contributed by atoms with E-state index < -0.39 is 15.7 Å². The maximum Gasteiger partial charge on any atom is 0.271 e. The van der Waals surface area contributed by atoms with Gasteiger partial charge in [-0.2, -0.15) is 0 Å². The number of anilines is 1. The SMILES string of the molecule is COc1ccc(CNc2cnc(C(=O)NC3CCS(=O)(=O)C3)cn2)cc1. The van der Waals surface area contributed by atoms with Crippen LogP contribution in [0.25, 0.3) is 0 Å². The molecule has 2 aromatic rings. The monoisotopic (exact) mass is 376 g/mol. The first-order valence-corrected chi connectivity index (χ1v) is 9.97. The third-order valence-electron chi connectivity index (χ3n) is 4.08.